The molecule has 2 aromatic rings. The molecule has 0 aliphatic carbocycles. The molecule has 2 aliphatic heterocycles. The summed E-state index contributed by atoms with van der Waals surface area (Å²) in [5.41, 5.74) is -0.807. The monoisotopic (exact) mass is 431 g/mol. The van der Waals surface area contributed by atoms with Gasteiger partial charge in [-0.15, -0.1) is 0 Å². The second kappa shape index (κ2) is 7.10. The van der Waals surface area contributed by atoms with Crippen LogP contribution in [-0.2, 0) is 15.1 Å². The highest BCUT2D eigenvalue weighted by Crippen LogP contribution is 2.34. The van der Waals surface area contributed by atoms with E-state index in [0.29, 0.717) is 11.4 Å². The Hall–Kier alpha value is -3.46. The average Bonchev–Trinajstić information content (AvgIpc) is 2.90. The van der Waals surface area contributed by atoms with E-state index in [4.69, 9.17) is 16.3 Å². The third-order valence-corrected chi connectivity index (χ3v) is 5.29. The molecule has 2 N–H and O–H groups in total. The number of nitrogens with one attached hydrogen (secondary N) is 2. The number of rotatable bonds is 4. The Morgan fingerprint density at radius 1 is 1.23 bits per heavy atom. The molecule has 154 valence electrons. The van der Waals surface area contributed by atoms with Gasteiger partial charge in [0.1, 0.15) is 17.1 Å². The topological polar surface area (TPSA) is 105 Å². The predicted molar refractivity (Wildman–Crippen MR) is 104 cm³/mol. The minimum Gasteiger partial charge on any atom is -0.482 e. The number of fused-ring (bicyclic) bond motifs is 1. The van der Waals surface area contributed by atoms with Crippen molar-refractivity contribution in [3.8, 4) is 5.75 Å². The minimum atomic E-state index is -1.54. The molecule has 4 rings (SSSR count). The fraction of sp³-hybridized carbons (Fsp3) is 0.200. The van der Waals surface area contributed by atoms with Crippen molar-refractivity contribution in [2.75, 3.05) is 18.5 Å². The van der Waals surface area contributed by atoms with E-state index in [1.54, 1.807) is 0 Å². The van der Waals surface area contributed by atoms with Crippen molar-refractivity contribution in [3.05, 3.63) is 58.4 Å². The SMILES string of the molecule is CC1(c2ccc(F)cc2Cl)NC(=O)N(CC(=O)c2ccc3c(c2)NC(=O)CO3)C1=O. The molecule has 2 aliphatic rings. The van der Waals surface area contributed by atoms with E-state index in [9.17, 15) is 23.6 Å². The van der Waals surface area contributed by atoms with Gasteiger partial charge in [-0.1, -0.05) is 17.7 Å². The zero-order valence-corrected chi connectivity index (χ0v) is 16.4. The average molecular weight is 432 g/mol. The van der Waals surface area contributed by atoms with Crippen LogP contribution in [-0.4, -0.2) is 41.7 Å². The van der Waals surface area contributed by atoms with Gasteiger partial charge >= 0.3 is 6.03 Å². The van der Waals surface area contributed by atoms with Crippen molar-refractivity contribution in [2.24, 2.45) is 0 Å². The lowest BCUT2D eigenvalue weighted by Crippen LogP contribution is -2.41. The van der Waals surface area contributed by atoms with E-state index in [2.05, 4.69) is 10.6 Å². The second-order valence-electron chi connectivity index (χ2n) is 7.04. The molecule has 0 radical (unpaired) electrons. The van der Waals surface area contributed by atoms with Crippen LogP contribution in [0.1, 0.15) is 22.8 Å². The number of amides is 4. The van der Waals surface area contributed by atoms with Gasteiger partial charge in [-0.25, -0.2) is 9.18 Å². The van der Waals surface area contributed by atoms with Gasteiger partial charge in [-0.2, -0.15) is 0 Å². The summed E-state index contributed by atoms with van der Waals surface area (Å²) in [5.74, 6) is -1.73. The molecule has 8 nitrogen and oxygen atoms in total. The summed E-state index contributed by atoms with van der Waals surface area (Å²) in [6.45, 7) is 0.794. The Labute approximate surface area is 174 Å². The molecule has 10 heteroatoms. The molecule has 2 heterocycles. The van der Waals surface area contributed by atoms with Crippen LogP contribution in [0.2, 0.25) is 5.02 Å². The van der Waals surface area contributed by atoms with E-state index < -0.39 is 35.6 Å². The van der Waals surface area contributed by atoms with Gasteiger partial charge in [-0.3, -0.25) is 19.3 Å². The highest BCUT2D eigenvalue weighted by atomic mass is 35.5. The number of Topliss-reactive ketones (excluding diaryl/α,β-unsaturated/α-hetero) is 1. The van der Waals surface area contributed by atoms with Crippen LogP contribution in [0.15, 0.2) is 36.4 Å². The minimum absolute atomic E-state index is 0.0234. The Balaban J connectivity index is 1.57. The molecule has 1 unspecified atom stereocenters. The maximum Gasteiger partial charge on any atom is 0.325 e. The van der Waals surface area contributed by atoms with Crippen LogP contribution in [0.4, 0.5) is 14.9 Å². The van der Waals surface area contributed by atoms with Gasteiger partial charge in [0, 0.05) is 16.1 Å². The lowest BCUT2D eigenvalue weighted by atomic mass is 9.92. The van der Waals surface area contributed by atoms with Crippen molar-refractivity contribution in [2.45, 2.75) is 12.5 Å². The summed E-state index contributed by atoms with van der Waals surface area (Å²) >= 11 is 6.07. The molecule has 4 amide bonds. The Morgan fingerprint density at radius 3 is 2.73 bits per heavy atom. The van der Waals surface area contributed by atoms with Crippen molar-refractivity contribution in [1.82, 2.24) is 10.2 Å². The van der Waals surface area contributed by atoms with Gasteiger partial charge < -0.3 is 15.4 Å². The quantitative estimate of drug-likeness (QED) is 0.571. The molecule has 30 heavy (non-hydrogen) atoms. The van der Waals surface area contributed by atoms with E-state index in [0.717, 1.165) is 17.0 Å². The van der Waals surface area contributed by atoms with Crippen LogP contribution in [0.3, 0.4) is 0 Å². The van der Waals surface area contributed by atoms with Crippen LogP contribution >= 0.6 is 11.6 Å². The van der Waals surface area contributed by atoms with Gasteiger partial charge in [0.15, 0.2) is 12.4 Å². The molecular formula is C20H15ClFN3O5. The van der Waals surface area contributed by atoms with Crippen LogP contribution < -0.4 is 15.4 Å². The Bertz CT molecular complexity index is 1120. The van der Waals surface area contributed by atoms with Gasteiger partial charge in [0.05, 0.1) is 12.2 Å². The predicted octanol–water partition coefficient (Wildman–Crippen LogP) is 2.46. The first-order valence-corrected chi connectivity index (χ1v) is 9.26. The number of ether oxygens (including phenoxy) is 1. The maximum atomic E-state index is 13.4. The Kier molecular flexibility index (Phi) is 4.70. The largest absolute Gasteiger partial charge is 0.482 e. The van der Waals surface area contributed by atoms with Crippen LogP contribution in [0.5, 0.6) is 5.75 Å². The smallest absolute Gasteiger partial charge is 0.325 e. The number of benzene rings is 2. The standard InChI is InChI=1S/C20H15ClFN3O5/c1-20(12-4-3-11(22)7-13(12)21)18(28)25(19(29)24-20)8-15(26)10-2-5-16-14(6-10)23-17(27)9-30-16/h2-7H,8-9H2,1H3,(H,23,27)(H,24,29). The number of ketones is 1. The van der Waals surface area contributed by atoms with E-state index in [-0.39, 0.29) is 28.7 Å². The van der Waals surface area contributed by atoms with Gasteiger partial charge in [0.25, 0.3) is 11.8 Å². The summed E-state index contributed by atoms with van der Waals surface area (Å²) in [6.07, 6.45) is 0. The molecule has 0 aromatic heterocycles. The van der Waals surface area contributed by atoms with E-state index in [1.807, 2.05) is 0 Å². The molecule has 0 bridgehead atoms. The number of anilines is 1. The summed E-state index contributed by atoms with van der Waals surface area (Å²) < 4.78 is 18.6. The summed E-state index contributed by atoms with van der Waals surface area (Å²) in [5, 5.41) is 5.09. The number of hydrogen-bond donors (Lipinski definition) is 2. The van der Waals surface area contributed by atoms with Gasteiger partial charge in [0.2, 0.25) is 0 Å². The van der Waals surface area contributed by atoms with Crippen molar-refractivity contribution < 1.29 is 28.3 Å². The first kappa shape index (κ1) is 19.8. The third-order valence-electron chi connectivity index (χ3n) is 4.98. The molecule has 1 fully saturated rings. The van der Waals surface area contributed by atoms with Gasteiger partial charge in [-0.05, 0) is 37.3 Å². The Morgan fingerprint density at radius 2 is 2.00 bits per heavy atom. The fourth-order valence-corrected chi connectivity index (χ4v) is 3.77. The van der Waals surface area contributed by atoms with Crippen LogP contribution in [0, 0.1) is 5.82 Å². The highest BCUT2D eigenvalue weighted by molar-refractivity contribution is 6.32. The summed E-state index contributed by atoms with van der Waals surface area (Å²) in [6, 6.07) is 7.13. The van der Waals surface area contributed by atoms with Crippen molar-refractivity contribution in [1.29, 1.82) is 0 Å². The molecular weight excluding hydrogens is 417 g/mol. The van der Waals surface area contributed by atoms with E-state index >= 15 is 0 Å². The summed E-state index contributed by atoms with van der Waals surface area (Å²) in [4.78, 5) is 50.4. The normalized spacial score (nSPS) is 20.4. The van der Waals surface area contributed by atoms with E-state index in [1.165, 1.54) is 31.2 Å². The molecule has 0 spiro atoms. The summed E-state index contributed by atoms with van der Waals surface area (Å²) in [7, 11) is 0. The molecule has 0 saturated carbocycles. The highest BCUT2D eigenvalue weighted by Gasteiger charge is 2.50. The fourth-order valence-electron chi connectivity index (χ4n) is 3.41. The lowest BCUT2D eigenvalue weighted by molar-refractivity contribution is -0.130. The second-order valence-corrected chi connectivity index (χ2v) is 7.45. The number of carbonyl (C=O) groups is 4. The molecule has 2 aromatic carbocycles. The number of halogens is 2. The zero-order chi connectivity index (χ0) is 21.6. The third kappa shape index (κ3) is 3.26. The first-order chi connectivity index (χ1) is 14.2. The molecule has 1 atom stereocenters. The van der Waals surface area contributed by atoms with Crippen molar-refractivity contribution in [3.63, 3.8) is 0 Å². The number of carbonyl (C=O) groups excluding carboxylic acids is 4. The lowest BCUT2D eigenvalue weighted by Gasteiger charge is -2.23. The number of imide groups is 1. The van der Waals surface area contributed by atoms with Crippen molar-refractivity contribution >= 4 is 40.9 Å². The first-order valence-electron chi connectivity index (χ1n) is 8.88. The van der Waals surface area contributed by atoms with Crippen LogP contribution in [0.25, 0.3) is 0 Å². The number of urea groups is 1. The molecule has 1 saturated heterocycles. The maximum absolute atomic E-state index is 13.4. The number of nitrogens with zero attached hydrogens (tertiary/aromatic N) is 1. The number of hydrogen-bond acceptors (Lipinski definition) is 5. The zero-order valence-electron chi connectivity index (χ0n) is 15.6.